The number of likely N-dealkylation sites (tertiary alicyclic amines) is 1. The van der Waals surface area contributed by atoms with Crippen LogP contribution in [0.4, 0.5) is 0 Å². The number of piperidine rings is 1. The Morgan fingerprint density at radius 3 is 2.20 bits per heavy atom. The maximum atomic E-state index is 5.58. The predicted octanol–water partition coefficient (Wildman–Crippen LogP) is 1.69. The van der Waals surface area contributed by atoms with Crippen molar-refractivity contribution in [1.82, 2.24) is 8.84 Å². The predicted molar refractivity (Wildman–Crippen MR) is 44.1 cm³/mol. The summed E-state index contributed by atoms with van der Waals surface area (Å²) in [7, 11) is 2.11. The van der Waals surface area contributed by atoms with Crippen LogP contribution in [0.5, 0.6) is 0 Å². The van der Waals surface area contributed by atoms with Crippen LogP contribution in [0.2, 0.25) is 0 Å². The number of nitrogens with zero attached hydrogens (tertiary/aromatic N) is 2. The molecule has 4 heteroatoms. The summed E-state index contributed by atoms with van der Waals surface area (Å²) in [6.07, 6.45) is 2.15. The van der Waals surface area contributed by atoms with Gasteiger partial charge >= 0.3 is 0 Å². The zero-order valence-electron chi connectivity index (χ0n) is 6.06. The average Bonchev–Trinajstić information content (AvgIpc) is 1.88. The summed E-state index contributed by atoms with van der Waals surface area (Å²) in [4.78, 5) is 2.29. The first-order chi connectivity index (χ1) is 4.70. The van der Waals surface area contributed by atoms with E-state index in [2.05, 4.69) is 11.9 Å². The summed E-state index contributed by atoms with van der Waals surface area (Å²) in [5.41, 5.74) is 0. The molecule has 0 atom stereocenters. The van der Waals surface area contributed by atoms with Crippen molar-refractivity contribution in [2.24, 2.45) is 0 Å². The van der Waals surface area contributed by atoms with Crippen LogP contribution in [0, 0.1) is 0 Å². The fourth-order valence-corrected chi connectivity index (χ4v) is 1.58. The standard InChI is InChI=1S/C6H12Cl2N2/c1-9-4-2-6(3-5-9)10(7)8/h6H,2-5H2,1H3. The van der Waals surface area contributed by atoms with Crippen molar-refractivity contribution in [1.29, 1.82) is 0 Å². The molecule has 0 aromatic rings. The van der Waals surface area contributed by atoms with Crippen molar-refractivity contribution in [2.75, 3.05) is 20.1 Å². The molecule has 0 spiro atoms. The van der Waals surface area contributed by atoms with Gasteiger partial charge in [0.1, 0.15) is 0 Å². The first kappa shape index (κ1) is 8.60. The van der Waals surface area contributed by atoms with E-state index >= 15 is 0 Å². The first-order valence-electron chi connectivity index (χ1n) is 3.49. The highest BCUT2D eigenvalue weighted by Crippen LogP contribution is 2.18. The van der Waals surface area contributed by atoms with E-state index in [9.17, 15) is 0 Å². The van der Waals surface area contributed by atoms with Crippen LogP contribution in [-0.2, 0) is 0 Å². The van der Waals surface area contributed by atoms with Crippen molar-refractivity contribution < 1.29 is 0 Å². The molecular formula is C6H12Cl2N2. The smallest absolute Gasteiger partial charge is 0.0440 e. The lowest BCUT2D eigenvalue weighted by atomic mass is 10.1. The highest BCUT2D eigenvalue weighted by molar-refractivity contribution is 6.33. The Kier molecular flexibility index (Phi) is 3.24. The van der Waals surface area contributed by atoms with Gasteiger partial charge in [-0.05, 0) is 56.5 Å². The Morgan fingerprint density at radius 1 is 1.30 bits per heavy atom. The van der Waals surface area contributed by atoms with Gasteiger partial charge in [0, 0.05) is 6.04 Å². The third-order valence-corrected chi connectivity index (χ3v) is 2.52. The van der Waals surface area contributed by atoms with Crippen LogP contribution in [-0.4, -0.2) is 35.0 Å². The molecule has 1 aliphatic rings. The average molecular weight is 183 g/mol. The van der Waals surface area contributed by atoms with Crippen molar-refractivity contribution in [3.63, 3.8) is 0 Å². The van der Waals surface area contributed by atoms with Crippen LogP contribution in [0.25, 0.3) is 0 Å². The van der Waals surface area contributed by atoms with Crippen LogP contribution < -0.4 is 0 Å². The number of rotatable bonds is 1. The Balaban J connectivity index is 2.26. The molecule has 0 aromatic heterocycles. The topological polar surface area (TPSA) is 6.48 Å². The molecule has 0 saturated carbocycles. The van der Waals surface area contributed by atoms with Gasteiger partial charge in [-0.3, -0.25) is 0 Å². The molecule has 1 heterocycles. The van der Waals surface area contributed by atoms with Crippen LogP contribution in [0.1, 0.15) is 12.8 Å². The van der Waals surface area contributed by atoms with Crippen molar-refractivity contribution in [3.05, 3.63) is 0 Å². The molecule has 0 amide bonds. The van der Waals surface area contributed by atoms with E-state index in [1.54, 1.807) is 0 Å². The first-order valence-corrected chi connectivity index (χ1v) is 4.17. The maximum absolute atomic E-state index is 5.58. The van der Waals surface area contributed by atoms with E-state index < -0.39 is 0 Å². The van der Waals surface area contributed by atoms with Crippen molar-refractivity contribution in [2.45, 2.75) is 18.9 Å². The molecule has 0 aliphatic carbocycles. The number of halogens is 2. The Morgan fingerprint density at radius 2 is 1.80 bits per heavy atom. The lowest BCUT2D eigenvalue weighted by Crippen LogP contribution is -2.36. The third-order valence-electron chi connectivity index (χ3n) is 1.96. The Labute approximate surface area is 71.9 Å². The van der Waals surface area contributed by atoms with Gasteiger partial charge in [-0.25, -0.2) is 0 Å². The molecule has 1 rings (SSSR count). The van der Waals surface area contributed by atoms with Gasteiger partial charge in [0.2, 0.25) is 0 Å². The summed E-state index contributed by atoms with van der Waals surface area (Å²) in [6, 6.07) is 0.361. The van der Waals surface area contributed by atoms with Gasteiger partial charge in [-0.1, -0.05) is 0 Å². The monoisotopic (exact) mass is 182 g/mol. The second-order valence-corrected chi connectivity index (χ2v) is 3.69. The van der Waals surface area contributed by atoms with E-state index in [1.165, 1.54) is 3.94 Å². The number of hydrogen-bond acceptors (Lipinski definition) is 2. The zero-order valence-corrected chi connectivity index (χ0v) is 7.57. The van der Waals surface area contributed by atoms with Gasteiger partial charge in [-0.2, -0.15) is 0 Å². The highest BCUT2D eigenvalue weighted by atomic mass is 35.5. The molecule has 1 aliphatic heterocycles. The second-order valence-electron chi connectivity index (χ2n) is 2.79. The van der Waals surface area contributed by atoms with Gasteiger partial charge in [0.15, 0.2) is 0 Å². The summed E-state index contributed by atoms with van der Waals surface area (Å²) in [5, 5.41) is 0. The summed E-state index contributed by atoms with van der Waals surface area (Å²) < 4.78 is 1.28. The molecule has 2 nitrogen and oxygen atoms in total. The molecule has 0 aromatic carbocycles. The fraction of sp³-hybridized carbons (Fsp3) is 1.00. The van der Waals surface area contributed by atoms with Gasteiger partial charge < -0.3 is 4.90 Å². The normalized spacial score (nSPS) is 24.0. The Hall–Kier alpha value is 0.500. The molecule has 10 heavy (non-hydrogen) atoms. The molecule has 0 unspecified atom stereocenters. The minimum Gasteiger partial charge on any atom is -0.306 e. The van der Waals surface area contributed by atoms with Gasteiger partial charge in [0.25, 0.3) is 0 Å². The van der Waals surface area contributed by atoms with E-state index in [0.29, 0.717) is 6.04 Å². The second kappa shape index (κ2) is 3.77. The maximum Gasteiger partial charge on any atom is 0.0440 e. The van der Waals surface area contributed by atoms with Gasteiger partial charge in [0.05, 0.1) is 0 Å². The van der Waals surface area contributed by atoms with E-state index in [-0.39, 0.29) is 0 Å². The SMILES string of the molecule is CN1CCC(N(Cl)Cl)CC1. The van der Waals surface area contributed by atoms with Crippen LogP contribution >= 0.6 is 23.6 Å². The zero-order chi connectivity index (χ0) is 7.56. The molecule has 0 N–H and O–H groups in total. The molecule has 60 valence electrons. The molecule has 0 bridgehead atoms. The van der Waals surface area contributed by atoms with Crippen molar-refractivity contribution in [3.8, 4) is 0 Å². The van der Waals surface area contributed by atoms with E-state index in [4.69, 9.17) is 23.6 Å². The molecule has 1 saturated heterocycles. The third kappa shape index (κ3) is 2.27. The summed E-state index contributed by atoms with van der Waals surface area (Å²) >= 11 is 11.2. The minimum atomic E-state index is 0.361. The highest BCUT2D eigenvalue weighted by Gasteiger charge is 2.20. The van der Waals surface area contributed by atoms with Crippen LogP contribution in [0.15, 0.2) is 0 Å². The van der Waals surface area contributed by atoms with E-state index in [1.807, 2.05) is 0 Å². The lowest BCUT2D eigenvalue weighted by Gasteiger charge is -2.29. The fourth-order valence-electron chi connectivity index (χ4n) is 1.19. The quantitative estimate of drug-likeness (QED) is 0.570. The van der Waals surface area contributed by atoms with Crippen LogP contribution in [0.3, 0.4) is 0 Å². The molecular weight excluding hydrogens is 171 g/mol. The van der Waals surface area contributed by atoms with Gasteiger partial charge in [-0.15, -0.1) is 3.94 Å². The molecule has 0 radical (unpaired) electrons. The Bertz CT molecular complexity index is 99.9. The summed E-state index contributed by atoms with van der Waals surface area (Å²) in [5.74, 6) is 0. The number of hydrogen-bond donors (Lipinski definition) is 0. The van der Waals surface area contributed by atoms with Crippen molar-refractivity contribution >= 4 is 23.6 Å². The molecule has 1 fully saturated rings. The minimum absolute atomic E-state index is 0.361. The largest absolute Gasteiger partial charge is 0.306 e. The van der Waals surface area contributed by atoms with E-state index in [0.717, 1.165) is 25.9 Å². The summed E-state index contributed by atoms with van der Waals surface area (Å²) in [6.45, 7) is 2.20. The lowest BCUT2D eigenvalue weighted by molar-refractivity contribution is 0.223.